The first-order valence-electron chi connectivity index (χ1n) is 21.8. The fourth-order valence-electron chi connectivity index (χ4n) is 11.1. The maximum atomic E-state index is 2.54. The summed E-state index contributed by atoms with van der Waals surface area (Å²) in [4.78, 5) is 2.54. The van der Waals surface area contributed by atoms with Gasteiger partial charge in [-0.25, -0.2) is 0 Å². The summed E-state index contributed by atoms with van der Waals surface area (Å²) in [5.41, 5.74) is 21.4. The number of rotatable bonds is 6. The average Bonchev–Trinajstić information content (AvgIpc) is 3.90. The van der Waals surface area contributed by atoms with E-state index < -0.39 is 0 Å². The van der Waals surface area contributed by atoms with Gasteiger partial charge in [-0.3, -0.25) is 0 Å². The van der Waals surface area contributed by atoms with Gasteiger partial charge in [-0.2, -0.15) is 0 Å². The molecule has 1 aromatic heterocycles. The smallest absolute Gasteiger partial charge is 0.0540 e. The molecule has 1 nitrogen and oxygen atoms in total. The largest absolute Gasteiger partial charge is 0.309 e. The maximum Gasteiger partial charge on any atom is 0.0540 e. The molecule has 0 saturated heterocycles. The molecule has 1 heterocycles. The van der Waals surface area contributed by atoms with E-state index in [-0.39, 0.29) is 10.8 Å². The number of nitrogens with zero attached hydrogens (tertiary/aromatic N) is 1. The van der Waals surface area contributed by atoms with Crippen molar-refractivity contribution in [3.8, 4) is 55.6 Å². The first-order chi connectivity index (χ1) is 30.3. The number of hydrogen-bond donors (Lipinski definition) is 0. The molecule has 0 spiro atoms. The minimum Gasteiger partial charge on any atom is -0.309 e. The van der Waals surface area contributed by atoms with Crippen LogP contribution >= 0.6 is 11.3 Å². The molecule has 0 bridgehead atoms. The normalized spacial score (nSPS) is 14.1. The maximum absolute atomic E-state index is 2.54. The molecule has 2 aliphatic carbocycles. The first-order valence-corrected chi connectivity index (χ1v) is 22.6. The van der Waals surface area contributed by atoms with Crippen LogP contribution in [0.4, 0.5) is 17.1 Å². The van der Waals surface area contributed by atoms with Gasteiger partial charge >= 0.3 is 0 Å². The highest BCUT2D eigenvalue weighted by atomic mass is 32.1. The molecule has 296 valence electrons. The summed E-state index contributed by atoms with van der Waals surface area (Å²) in [5, 5.41) is 2.61. The van der Waals surface area contributed by atoms with Crippen LogP contribution in [0.5, 0.6) is 0 Å². The van der Waals surface area contributed by atoms with Gasteiger partial charge < -0.3 is 4.90 Å². The minimum absolute atomic E-state index is 0.108. The summed E-state index contributed by atoms with van der Waals surface area (Å²) in [5.74, 6) is 0. The lowest BCUT2D eigenvalue weighted by molar-refractivity contribution is 0.660. The van der Waals surface area contributed by atoms with Crippen LogP contribution in [0, 0.1) is 0 Å². The third-order valence-corrected chi connectivity index (χ3v) is 15.0. The van der Waals surface area contributed by atoms with E-state index in [1.54, 1.807) is 0 Å². The van der Waals surface area contributed by atoms with Crippen LogP contribution in [0.25, 0.3) is 75.8 Å². The van der Waals surface area contributed by atoms with Crippen molar-refractivity contribution in [2.24, 2.45) is 0 Å². The van der Waals surface area contributed by atoms with E-state index in [4.69, 9.17) is 0 Å². The Morgan fingerprint density at radius 1 is 0.371 bits per heavy atom. The lowest BCUT2D eigenvalue weighted by Gasteiger charge is -2.31. The van der Waals surface area contributed by atoms with Gasteiger partial charge in [0.25, 0.3) is 0 Å². The van der Waals surface area contributed by atoms with Crippen LogP contribution in [-0.4, -0.2) is 0 Å². The number of anilines is 3. The van der Waals surface area contributed by atoms with Gasteiger partial charge in [0.15, 0.2) is 0 Å². The molecule has 12 rings (SSSR count). The highest BCUT2D eigenvalue weighted by Crippen LogP contribution is 2.56. The van der Waals surface area contributed by atoms with Gasteiger partial charge in [0.1, 0.15) is 0 Å². The van der Waals surface area contributed by atoms with Crippen molar-refractivity contribution >= 4 is 48.6 Å². The van der Waals surface area contributed by atoms with Crippen LogP contribution in [0.3, 0.4) is 0 Å². The quantitative estimate of drug-likeness (QED) is 0.162. The zero-order chi connectivity index (χ0) is 41.7. The average molecular weight is 812 g/mol. The summed E-state index contributed by atoms with van der Waals surface area (Å²) in [7, 11) is 0. The molecular weight excluding hydrogens is 767 g/mol. The Morgan fingerprint density at radius 3 is 1.68 bits per heavy atom. The standard InChI is InChI=1S/C60H45NS/c1-59(2)50-31-11-6-24-47(50)56-44(27-17-32-51(56)59)42-22-7-12-33-52(42)61(53-34-13-8-23-43(53)45-28-18-36-55-57(45)48-25-9-14-35-54(48)62-55)39-20-15-19-38(37-39)40-26-16-29-46-41-21-5-10-30-49(41)60(3,4)58(40)46/h5-37H,1-4H3. The summed E-state index contributed by atoms with van der Waals surface area (Å²) < 4.78 is 2.61. The van der Waals surface area contributed by atoms with Gasteiger partial charge in [0.2, 0.25) is 0 Å². The topological polar surface area (TPSA) is 3.24 Å². The highest BCUT2D eigenvalue weighted by molar-refractivity contribution is 7.25. The molecule has 10 aromatic rings. The van der Waals surface area contributed by atoms with E-state index in [0.29, 0.717) is 0 Å². The Labute approximate surface area is 368 Å². The second-order valence-corrected chi connectivity index (χ2v) is 19.1. The lowest BCUT2D eigenvalue weighted by Crippen LogP contribution is -2.16. The Morgan fingerprint density at radius 2 is 0.887 bits per heavy atom. The Kier molecular flexibility index (Phi) is 8.17. The molecule has 9 aromatic carbocycles. The molecule has 2 aliphatic rings. The second-order valence-electron chi connectivity index (χ2n) is 18.0. The number of hydrogen-bond acceptors (Lipinski definition) is 2. The van der Waals surface area contributed by atoms with E-state index in [2.05, 4.69) is 233 Å². The minimum atomic E-state index is -0.142. The number of benzene rings is 9. The third kappa shape index (κ3) is 5.33. The number of thiophene rings is 1. The monoisotopic (exact) mass is 811 g/mol. The summed E-state index contributed by atoms with van der Waals surface area (Å²) in [6.45, 7) is 9.51. The van der Waals surface area contributed by atoms with E-state index in [1.165, 1.54) is 98.1 Å². The SMILES string of the molecule is CC1(C)c2ccccc2-c2c(-c3ccccc3N(c3cccc(-c4cccc5c4C(C)(C)c4ccccc4-5)c3)c3ccccc3-c3cccc4sc5ccccc5c34)cccc21. The van der Waals surface area contributed by atoms with Crippen molar-refractivity contribution < 1.29 is 0 Å². The zero-order valence-electron chi connectivity index (χ0n) is 35.4. The Hall–Kier alpha value is -7.00. The predicted octanol–water partition coefficient (Wildman–Crippen LogP) is 17.1. The third-order valence-electron chi connectivity index (χ3n) is 13.9. The fraction of sp³-hybridized carbons (Fsp3) is 0.100. The second kappa shape index (κ2) is 13.8. The first kappa shape index (κ1) is 36.8. The molecule has 0 aliphatic heterocycles. The van der Waals surface area contributed by atoms with Gasteiger partial charge in [-0.15, -0.1) is 11.3 Å². The van der Waals surface area contributed by atoms with Crippen molar-refractivity contribution in [1.82, 2.24) is 0 Å². The van der Waals surface area contributed by atoms with Crippen molar-refractivity contribution in [2.45, 2.75) is 38.5 Å². The molecule has 0 unspecified atom stereocenters. The molecular formula is C60H45NS. The van der Waals surface area contributed by atoms with Crippen molar-refractivity contribution in [3.63, 3.8) is 0 Å². The summed E-state index contributed by atoms with van der Waals surface area (Å²) >= 11 is 1.87. The summed E-state index contributed by atoms with van der Waals surface area (Å²) in [6, 6.07) is 74.8. The Balaban J connectivity index is 1.12. The van der Waals surface area contributed by atoms with Crippen LogP contribution in [0.15, 0.2) is 200 Å². The van der Waals surface area contributed by atoms with Crippen LogP contribution < -0.4 is 4.90 Å². The molecule has 62 heavy (non-hydrogen) atoms. The number of para-hydroxylation sites is 2. The molecule has 0 atom stereocenters. The lowest BCUT2D eigenvalue weighted by atomic mass is 9.79. The van der Waals surface area contributed by atoms with E-state index in [0.717, 1.165) is 17.1 Å². The zero-order valence-corrected chi connectivity index (χ0v) is 36.2. The Bertz CT molecular complexity index is 3430. The fourth-order valence-corrected chi connectivity index (χ4v) is 12.2. The van der Waals surface area contributed by atoms with Crippen LogP contribution in [0.1, 0.15) is 49.9 Å². The molecule has 0 saturated carbocycles. The summed E-state index contributed by atoms with van der Waals surface area (Å²) in [6.07, 6.45) is 0. The van der Waals surface area contributed by atoms with E-state index in [1.807, 2.05) is 11.3 Å². The van der Waals surface area contributed by atoms with Crippen LogP contribution in [0.2, 0.25) is 0 Å². The molecule has 0 amide bonds. The van der Waals surface area contributed by atoms with Gasteiger partial charge in [0, 0.05) is 47.8 Å². The van der Waals surface area contributed by atoms with Crippen molar-refractivity contribution in [2.75, 3.05) is 4.90 Å². The molecule has 0 radical (unpaired) electrons. The molecule has 0 N–H and O–H groups in total. The predicted molar refractivity (Wildman–Crippen MR) is 265 cm³/mol. The van der Waals surface area contributed by atoms with E-state index >= 15 is 0 Å². The molecule has 0 fully saturated rings. The van der Waals surface area contributed by atoms with Crippen molar-refractivity contribution in [1.29, 1.82) is 0 Å². The van der Waals surface area contributed by atoms with Crippen molar-refractivity contribution in [3.05, 3.63) is 222 Å². The number of fused-ring (bicyclic) bond motifs is 9. The van der Waals surface area contributed by atoms with Gasteiger partial charge in [0.05, 0.1) is 11.4 Å². The molecule has 2 heteroatoms. The van der Waals surface area contributed by atoms with Gasteiger partial charge in [-0.1, -0.05) is 191 Å². The highest BCUT2D eigenvalue weighted by Gasteiger charge is 2.39. The van der Waals surface area contributed by atoms with Gasteiger partial charge in [-0.05, 0) is 103 Å². The van der Waals surface area contributed by atoms with E-state index in [9.17, 15) is 0 Å². The van der Waals surface area contributed by atoms with Crippen LogP contribution in [-0.2, 0) is 10.8 Å².